The van der Waals surface area contributed by atoms with Crippen LogP contribution in [-0.4, -0.2) is 55.7 Å². The zero-order chi connectivity index (χ0) is 29.3. The summed E-state index contributed by atoms with van der Waals surface area (Å²) in [5.74, 6) is 2.28. The fraction of sp³-hybridized carbons (Fsp3) is 0.258. The number of carbonyl (C=O) groups excluding carboxylic acids is 1. The van der Waals surface area contributed by atoms with Gasteiger partial charge >= 0.3 is 5.97 Å². The van der Waals surface area contributed by atoms with Gasteiger partial charge in [-0.05, 0) is 67.9 Å². The molecule has 8 bridgehead atoms. The van der Waals surface area contributed by atoms with Gasteiger partial charge in [-0.25, -0.2) is 15.0 Å². The van der Waals surface area contributed by atoms with Gasteiger partial charge in [0.15, 0.2) is 5.92 Å². The van der Waals surface area contributed by atoms with Crippen LogP contribution in [0.4, 0.5) is 46.3 Å². The normalized spacial score (nSPS) is 13.5. The molecule has 0 spiro atoms. The van der Waals surface area contributed by atoms with Crippen molar-refractivity contribution >= 4 is 52.3 Å². The van der Waals surface area contributed by atoms with E-state index in [-0.39, 0.29) is 6.61 Å². The molecule has 0 amide bonds. The molecule has 1 atom stereocenters. The molecule has 41 heavy (non-hydrogen) atoms. The van der Waals surface area contributed by atoms with Crippen LogP contribution in [0.25, 0.3) is 0 Å². The minimum Gasteiger partial charge on any atom is -0.465 e. The Balaban J connectivity index is 1.83. The SMILES string of the molecule is CCOC(=O)C(C#N)c1c2cc(C)cc1N(C)c1cccc(n1)N(C)c1cccc(n1)N(C)c1cccc(n1)N2C. The average Bonchev–Trinajstić information content (AvgIpc) is 3.00. The quantitative estimate of drug-likeness (QED) is 0.295. The van der Waals surface area contributed by atoms with Crippen molar-refractivity contribution in [2.24, 2.45) is 0 Å². The number of aryl methyl sites for hydroxylation is 1. The Bertz CT molecular complexity index is 1550. The molecule has 3 aromatic heterocycles. The molecular formula is C31H32N8O2. The number of nitriles is 1. The Morgan fingerprint density at radius 1 is 0.756 bits per heavy atom. The number of rotatable bonds is 3. The highest BCUT2D eigenvalue weighted by Gasteiger charge is 2.31. The minimum absolute atomic E-state index is 0.166. The number of benzene rings is 1. The van der Waals surface area contributed by atoms with Crippen LogP contribution < -0.4 is 19.6 Å². The molecule has 10 nitrogen and oxygen atoms in total. The lowest BCUT2D eigenvalue weighted by Gasteiger charge is -2.31. The van der Waals surface area contributed by atoms with Gasteiger partial charge in [0.25, 0.3) is 0 Å². The summed E-state index contributed by atoms with van der Waals surface area (Å²) in [6.45, 7) is 3.88. The van der Waals surface area contributed by atoms with Crippen LogP contribution in [0, 0.1) is 18.3 Å². The van der Waals surface area contributed by atoms with Crippen molar-refractivity contribution in [3.05, 3.63) is 77.9 Å². The summed E-state index contributed by atoms with van der Waals surface area (Å²) in [7, 11) is 7.59. The molecule has 1 unspecified atom stereocenters. The number of hydrogen-bond acceptors (Lipinski definition) is 10. The number of hydrogen-bond donors (Lipinski definition) is 0. The maximum Gasteiger partial charge on any atom is 0.328 e. The highest BCUT2D eigenvalue weighted by molar-refractivity contribution is 5.90. The summed E-state index contributed by atoms with van der Waals surface area (Å²) >= 11 is 0. The topological polar surface area (TPSA) is 102 Å². The Morgan fingerprint density at radius 2 is 1.12 bits per heavy atom. The lowest BCUT2D eigenvalue weighted by atomic mass is 9.93. The van der Waals surface area contributed by atoms with E-state index >= 15 is 0 Å². The van der Waals surface area contributed by atoms with E-state index in [1.54, 1.807) is 6.92 Å². The molecule has 0 saturated carbocycles. The number of pyridine rings is 3. The first-order chi connectivity index (χ1) is 19.7. The third-order valence-electron chi connectivity index (χ3n) is 7.16. The van der Waals surface area contributed by atoms with E-state index in [1.807, 2.05) is 121 Å². The first kappa shape index (κ1) is 27.4. The van der Waals surface area contributed by atoms with Crippen LogP contribution in [0.1, 0.15) is 24.0 Å². The van der Waals surface area contributed by atoms with Gasteiger partial charge < -0.3 is 24.3 Å². The van der Waals surface area contributed by atoms with Crippen LogP contribution in [0.5, 0.6) is 0 Å². The third-order valence-corrected chi connectivity index (χ3v) is 7.16. The lowest BCUT2D eigenvalue weighted by Crippen LogP contribution is -2.24. The second-order valence-electron chi connectivity index (χ2n) is 9.83. The molecule has 10 heteroatoms. The van der Waals surface area contributed by atoms with Crippen LogP contribution in [0.2, 0.25) is 0 Å². The zero-order valence-electron chi connectivity index (χ0n) is 24.0. The first-order valence-corrected chi connectivity index (χ1v) is 13.3. The van der Waals surface area contributed by atoms with Gasteiger partial charge in [0, 0.05) is 45.1 Å². The molecule has 4 heterocycles. The predicted octanol–water partition coefficient (Wildman–Crippen LogP) is 5.74. The van der Waals surface area contributed by atoms with Crippen LogP contribution >= 0.6 is 0 Å². The fourth-order valence-corrected chi connectivity index (χ4v) is 4.91. The largest absolute Gasteiger partial charge is 0.465 e. The van der Waals surface area contributed by atoms with Crippen LogP contribution in [-0.2, 0) is 9.53 Å². The molecule has 0 fully saturated rings. The van der Waals surface area contributed by atoms with E-state index in [0.29, 0.717) is 51.8 Å². The van der Waals surface area contributed by atoms with E-state index in [4.69, 9.17) is 19.7 Å². The van der Waals surface area contributed by atoms with Gasteiger partial charge in [0.05, 0.1) is 12.7 Å². The fourth-order valence-electron chi connectivity index (χ4n) is 4.91. The van der Waals surface area contributed by atoms with Crippen molar-refractivity contribution < 1.29 is 9.53 Å². The summed E-state index contributed by atoms with van der Waals surface area (Å²) in [5.41, 5.74) is 2.79. The standard InChI is InChI=1S/C31H32N8O2/c1-7-41-31(40)21(19-32)30-22-17-20(2)18-23(30)37(4)25-12-9-14-27(34-25)39(6)29-16-10-15-28(35-29)38(5)26-13-8-11-24(33-26)36(22)3/h8-18,21H,7H2,1-6H3. The molecule has 4 aromatic rings. The van der Waals surface area contributed by atoms with E-state index in [0.717, 1.165) is 5.56 Å². The molecule has 1 aliphatic heterocycles. The van der Waals surface area contributed by atoms with Gasteiger partial charge in [-0.3, -0.25) is 4.79 Å². The van der Waals surface area contributed by atoms with Gasteiger partial charge in [0.1, 0.15) is 34.9 Å². The van der Waals surface area contributed by atoms with E-state index in [9.17, 15) is 10.1 Å². The summed E-state index contributed by atoms with van der Waals surface area (Å²) in [6.07, 6.45) is 0. The molecule has 1 aliphatic rings. The highest BCUT2D eigenvalue weighted by Crippen LogP contribution is 2.42. The maximum absolute atomic E-state index is 13.2. The molecule has 0 saturated heterocycles. The Morgan fingerprint density at radius 3 is 1.46 bits per heavy atom. The molecule has 0 aliphatic carbocycles. The molecule has 5 rings (SSSR count). The molecule has 0 N–H and O–H groups in total. The Hall–Kier alpha value is -5.17. The number of esters is 1. The smallest absolute Gasteiger partial charge is 0.328 e. The lowest BCUT2D eigenvalue weighted by molar-refractivity contribution is -0.143. The minimum atomic E-state index is -1.18. The maximum atomic E-state index is 13.2. The van der Waals surface area contributed by atoms with Gasteiger partial charge in [-0.1, -0.05) is 18.2 Å². The number of carbonyl (C=O) groups is 1. The molecule has 1 aromatic carbocycles. The summed E-state index contributed by atoms with van der Waals surface area (Å²) in [6, 6.07) is 23.4. The Kier molecular flexibility index (Phi) is 7.44. The zero-order valence-corrected chi connectivity index (χ0v) is 24.0. The summed E-state index contributed by atoms with van der Waals surface area (Å²) < 4.78 is 5.36. The van der Waals surface area contributed by atoms with Crippen molar-refractivity contribution in [1.29, 1.82) is 5.26 Å². The van der Waals surface area contributed by atoms with Gasteiger partial charge in [-0.2, -0.15) is 5.26 Å². The van der Waals surface area contributed by atoms with Gasteiger partial charge in [-0.15, -0.1) is 0 Å². The second-order valence-corrected chi connectivity index (χ2v) is 9.83. The van der Waals surface area contributed by atoms with Crippen molar-refractivity contribution in [2.75, 3.05) is 54.4 Å². The van der Waals surface area contributed by atoms with Crippen molar-refractivity contribution in [3.63, 3.8) is 0 Å². The number of anilines is 8. The molecule has 208 valence electrons. The number of nitrogens with zero attached hydrogens (tertiary/aromatic N) is 8. The highest BCUT2D eigenvalue weighted by atomic mass is 16.5. The van der Waals surface area contributed by atoms with Crippen LogP contribution in [0.3, 0.4) is 0 Å². The average molecular weight is 549 g/mol. The third kappa shape index (κ3) is 5.10. The molecular weight excluding hydrogens is 516 g/mol. The Labute approximate surface area is 240 Å². The van der Waals surface area contributed by atoms with Crippen molar-refractivity contribution in [2.45, 2.75) is 19.8 Å². The van der Waals surface area contributed by atoms with E-state index in [1.165, 1.54) is 0 Å². The van der Waals surface area contributed by atoms with Crippen LogP contribution in [0.15, 0.2) is 66.7 Å². The van der Waals surface area contributed by atoms with E-state index in [2.05, 4.69) is 6.07 Å². The first-order valence-electron chi connectivity index (χ1n) is 13.3. The molecule has 0 radical (unpaired) electrons. The van der Waals surface area contributed by atoms with E-state index < -0.39 is 11.9 Å². The summed E-state index contributed by atoms with van der Waals surface area (Å²) in [4.78, 5) is 35.6. The number of fused-ring (bicyclic) bond motifs is 8. The number of ether oxygens (including phenoxy) is 1. The predicted molar refractivity (Wildman–Crippen MR) is 161 cm³/mol. The van der Waals surface area contributed by atoms with Gasteiger partial charge in [0.2, 0.25) is 0 Å². The summed E-state index contributed by atoms with van der Waals surface area (Å²) in [5, 5.41) is 10.3. The monoisotopic (exact) mass is 548 g/mol. The van der Waals surface area contributed by atoms with Crippen molar-refractivity contribution in [1.82, 2.24) is 15.0 Å². The van der Waals surface area contributed by atoms with Crippen molar-refractivity contribution in [3.8, 4) is 6.07 Å². The second kappa shape index (κ2) is 11.1. The number of aromatic nitrogens is 3.